The highest BCUT2D eigenvalue weighted by Gasteiger charge is 2.35. The second kappa shape index (κ2) is 8.58. The van der Waals surface area contributed by atoms with E-state index in [2.05, 4.69) is 5.32 Å². The van der Waals surface area contributed by atoms with E-state index >= 15 is 0 Å². The summed E-state index contributed by atoms with van der Waals surface area (Å²) < 4.78 is 5.33. The van der Waals surface area contributed by atoms with Crippen LogP contribution in [0.5, 0.6) is 5.75 Å². The Labute approximate surface area is 190 Å². The van der Waals surface area contributed by atoms with Crippen molar-refractivity contribution in [3.63, 3.8) is 0 Å². The van der Waals surface area contributed by atoms with Gasteiger partial charge in [-0.3, -0.25) is 24.1 Å². The average Bonchev–Trinajstić information content (AvgIpc) is 3.04. The molecule has 1 aliphatic rings. The number of benzene rings is 3. The molecular weight excluding hydrogens is 422 g/mol. The number of amides is 4. The Bertz CT molecular complexity index is 1280. The van der Waals surface area contributed by atoms with Crippen LogP contribution in [0.2, 0.25) is 0 Å². The summed E-state index contributed by atoms with van der Waals surface area (Å²) in [6, 6.07) is 16.3. The van der Waals surface area contributed by atoms with Gasteiger partial charge in [-0.15, -0.1) is 0 Å². The van der Waals surface area contributed by atoms with Crippen LogP contribution >= 0.6 is 0 Å². The first kappa shape index (κ1) is 21.8. The zero-order valence-electron chi connectivity index (χ0n) is 18.0. The Morgan fingerprint density at radius 1 is 0.939 bits per heavy atom. The SMILES string of the molecule is COc1ccc(CN2C(=O)c3ccccc3C2=O)cc1C(=O)Nc1ccc(C(N)=O)c(C)c1. The van der Waals surface area contributed by atoms with Crippen LogP contribution in [-0.4, -0.2) is 35.6 Å². The molecule has 3 aromatic carbocycles. The molecule has 0 spiro atoms. The quantitative estimate of drug-likeness (QED) is 0.568. The van der Waals surface area contributed by atoms with Crippen LogP contribution in [-0.2, 0) is 6.54 Å². The highest BCUT2D eigenvalue weighted by molar-refractivity contribution is 6.21. The minimum atomic E-state index is -0.548. The van der Waals surface area contributed by atoms with E-state index in [-0.39, 0.29) is 23.9 Å². The van der Waals surface area contributed by atoms with Crippen molar-refractivity contribution in [3.8, 4) is 5.75 Å². The number of ether oxygens (including phenoxy) is 1. The third-order valence-electron chi connectivity index (χ3n) is 5.48. The molecule has 8 heteroatoms. The fourth-order valence-corrected chi connectivity index (χ4v) is 3.81. The summed E-state index contributed by atoms with van der Waals surface area (Å²) in [6.45, 7) is 1.74. The molecule has 4 rings (SSSR count). The van der Waals surface area contributed by atoms with E-state index in [0.717, 1.165) is 4.90 Å². The first-order chi connectivity index (χ1) is 15.8. The third-order valence-corrected chi connectivity index (χ3v) is 5.48. The minimum Gasteiger partial charge on any atom is -0.496 e. The van der Waals surface area contributed by atoms with Gasteiger partial charge in [0.25, 0.3) is 17.7 Å². The van der Waals surface area contributed by atoms with Crippen LogP contribution in [0.1, 0.15) is 52.6 Å². The fourth-order valence-electron chi connectivity index (χ4n) is 3.81. The summed E-state index contributed by atoms with van der Waals surface area (Å²) in [5.41, 5.74) is 8.37. The molecule has 0 bridgehead atoms. The van der Waals surface area contributed by atoms with Gasteiger partial charge in [-0.1, -0.05) is 18.2 Å². The van der Waals surface area contributed by atoms with E-state index in [0.29, 0.717) is 39.3 Å². The van der Waals surface area contributed by atoms with Gasteiger partial charge in [-0.05, 0) is 60.5 Å². The van der Waals surface area contributed by atoms with E-state index in [1.54, 1.807) is 67.6 Å². The lowest BCUT2D eigenvalue weighted by atomic mass is 10.1. The van der Waals surface area contributed by atoms with Crippen LogP contribution in [0.4, 0.5) is 5.69 Å². The molecule has 0 saturated heterocycles. The second-order valence-electron chi connectivity index (χ2n) is 7.62. The summed E-state index contributed by atoms with van der Waals surface area (Å²) in [6.07, 6.45) is 0. The Hall–Kier alpha value is -4.46. The molecule has 0 aliphatic carbocycles. The van der Waals surface area contributed by atoms with Crippen molar-refractivity contribution in [2.75, 3.05) is 12.4 Å². The lowest BCUT2D eigenvalue weighted by Gasteiger charge is -2.16. The number of anilines is 1. The summed E-state index contributed by atoms with van der Waals surface area (Å²) >= 11 is 0. The van der Waals surface area contributed by atoms with Gasteiger partial charge in [-0.25, -0.2) is 0 Å². The van der Waals surface area contributed by atoms with E-state index in [4.69, 9.17) is 10.5 Å². The second-order valence-corrected chi connectivity index (χ2v) is 7.62. The monoisotopic (exact) mass is 443 g/mol. The van der Waals surface area contributed by atoms with Crippen molar-refractivity contribution in [1.82, 2.24) is 4.90 Å². The number of nitrogens with zero attached hydrogens (tertiary/aromatic N) is 1. The smallest absolute Gasteiger partial charge is 0.261 e. The molecule has 0 aromatic heterocycles. The maximum Gasteiger partial charge on any atom is 0.261 e. The minimum absolute atomic E-state index is 0.0169. The number of hydrogen-bond donors (Lipinski definition) is 2. The van der Waals surface area contributed by atoms with Gasteiger partial charge in [0.2, 0.25) is 5.91 Å². The van der Waals surface area contributed by atoms with Crippen LogP contribution in [0.25, 0.3) is 0 Å². The molecule has 3 N–H and O–H groups in total. The van der Waals surface area contributed by atoms with Crippen molar-refractivity contribution < 1.29 is 23.9 Å². The summed E-state index contributed by atoms with van der Waals surface area (Å²) in [5.74, 6) is -1.40. The van der Waals surface area contributed by atoms with Crippen molar-refractivity contribution in [3.05, 3.63) is 94.0 Å². The number of nitrogens with one attached hydrogen (secondary N) is 1. The number of methoxy groups -OCH3 is 1. The molecule has 0 fully saturated rings. The first-order valence-electron chi connectivity index (χ1n) is 10.1. The van der Waals surface area contributed by atoms with Gasteiger partial charge >= 0.3 is 0 Å². The molecule has 166 valence electrons. The van der Waals surface area contributed by atoms with Crippen LogP contribution in [0, 0.1) is 6.92 Å². The number of hydrogen-bond acceptors (Lipinski definition) is 5. The maximum absolute atomic E-state index is 13.0. The van der Waals surface area contributed by atoms with Crippen molar-refractivity contribution in [2.45, 2.75) is 13.5 Å². The van der Waals surface area contributed by atoms with Crippen LogP contribution < -0.4 is 15.8 Å². The topological polar surface area (TPSA) is 119 Å². The molecule has 1 aliphatic heterocycles. The van der Waals surface area contributed by atoms with E-state index in [9.17, 15) is 19.2 Å². The zero-order valence-corrected chi connectivity index (χ0v) is 18.0. The lowest BCUT2D eigenvalue weighted by molar-refractivity contribution is 0.0642. The van der Waals surface area contributed by atoms with Crippen molar-refractivity contribution >= 4 is 29.3 Å². The van der Waals surface area contributed by atoms with Gasteiger partial charge in [0.15, 0.2) is 0 Å². The van der Waals surface area contributed by atoms with Gasteiger partial charge in [0.05, 0.1) is 30.3 Å². The molecule has 3 aromatic rings. The highest BCUT2D eigenvalue weighted by Crippen LogP contribution is 2.27. The van der Waals surface area contributed by atoms with Crippen molar-refractivity contribution in [2.24, 2.45) is 5.73 Å². The Balaban J connectivity index is 1.58. The van der Waals surface area contributed by atoms with Crippen LogP contribution in [0.3, 0.4) is 0 Å². The van der Waals surface area contributed by atoms with E-state index in [1.165, 1.54) is 7.11 Å². The fraction of sp³-hybridized carbons (Fsp3) is 0.120. The van der Waals surface area contributed by atoms with Gasteiger partial charge in [0.1, 0.15) is 5.75 Å². The summed E-state index contributed by atoms with van der Waals surface area (Å²) in [5, 5.41) is 2.77. The summed E-state index contributed by atoms with van der Waals surface area (Å²) in [4.78, 5) is 50.9. The Morgan fingerprint density at radius 3 is 2.18 bits per heavy atom. The van der Waals surface area contributed by atoms with Gasteiger partial charge < -0.3 is 15.8 Å². The Kier molecular flexibility index (Phi) is 5.66. The Morgan fingerprint density at radius 2 is 1.61 bits per heavy atom. The number of carbonyl (C=O) groups excluding carboxylic acids is 4. The number of aryl methyl sites for hydroxylation is 1. The largest absolute Gasteiger partial charge is 0.496 e. The first-order valence-corrected chi connectivity index (χ1v) is 10.1. The zero-order chi connectivity index (χ0) is 23.7. The number of imide groups is 1. The molecule has 1 heterocycles. The predicted molar refractivity (Wildman–Crippen MR) is 121 cm³/mol. The van der Waals surface area contributed by atoms with Gasteiger partial charge in [-0.2, -0.15) is 0 Å². The molecule has 0 saturated carbocycles. The van der Waals surface area contributed by atoms with E-state index in [1.807, 2.05) is 0 Å². The maximum atomic E-state index is 13.0. The number of nitrogens with two attached hydrogens (primary N) is 1. The molecular formula is C25H21N3O5. The molecule has 0 unspecified atom stereocenters. The highest BCUT2D eigenvalue weighted by atomic mass is 16.5. The molecule has 4 amide bonds. The normalized spacial score (nSPS) is 12.5. The molecule has 33 heavy (non-hydrogen) atoms. The average molecular weight is 443 g/mol. The number of primary amides is 1. The molecule has 8 nitrogen and oxygen atoms in total. The van der Waals surface area contributed by atoms with Crippen molar-refractivity contribution in [1.29, 1.82) is 0 Å². The van der Waals surface area contributed by atoms with Crippen LogP contribution in [0.15, 0.2) is 60.7 Å². The van der Waals surface area contributed by atoms with Gasteiger partial charge in [0, 0.05) is 11.3 Å². The predicted octanol–water partition coefficient (Wildman–Crippen LogP) is 3.15. The summed E-state index contributed by atoms with van der Waals surface area (Å²) in [7, 11) is 1.45. The third kappa shape index (κ3) is 4.06. The molecule has 0 atom stereocenters. The molecule has 0 radical (unpaired) electrons. The standard InChI is InChI=1S/C25H21N3O5/c1-14-11-16(8-9-17(14)22(26)29)27-23(30)20-12-15(7-10-21(20)33-2)13-28-24(31)18-5-3-4-6-19(18)25(28)32/h3-12H,13H2,1-2H3,(H2,26,29)(H,27,30). The number of fused-ring (bicyclic) bond motifs is 1. The number of carbonyl (C=O) groups is 4. The number of rotatable bonds is 6. The lowest BCUT2D eigenvalue weighted by Crippen LogP contribution is -2.29. The van der Waals surface area contributed by atoms with E-state index < -0.39 is 11.8 Å².